The summed E-state index contributed by atoms with van der Waals surface area (Å²) in [6.07, 6.45) is -4.50. The van der Waals surface area contributed by atoms with E-state index in [0.717, 1.165) is 0 Å². The Balaban J connectivity index is 2.39. The minimum atomic E-state index is -4.18. The number of alkyl halides is 3. The largest absolute Gasteiger partial charge is 0.390 e. The molecule has 1 amide bonds. The summed E-state index contributed by atoms with van der Waals surface area (Å²) in [5.74, 6) is -0.121. The molecule has 2 atom stereocenters. The van der Waals surface area contributed by atoms with Crippen LogP contribution in [-0.4, -0.2) is 42.7 Å². The molecule has 6 heteroatoms. The Hall–Kier alpha value is -0.780. The standard InChI is InChI=1S/C9H15F3N2O/c1-6(5-9(10,11)12)13-7-3-4-14(2)8(7)15/h6-7,13H,3-5H2,1-2H3. The van der Waals surface area contributed by atoms with Crippen molar-refractivity contribution >= 4 is 5.91 Å². The molecule has 15 heavy (non-hydrogen) atoms. The molecule has 1 heterocycles. The van der Waals surface area contributed by atoms with Crippen LogP contribution < -0.4 is 5.32 Å². The fourth-order valence-electron chi connectivity index (χ4n) is 1.73. The van der Waals surface area contributed by atoms with Crippen molar-refractivity contribution in [2.45, 2.75) is 38.0 Å². The number of hydrogen-bond donors (Lipinski definition) is 1. The van der Waals surface area contributed by atoms with Gasteiger partial charge in [0.15, 0.2) is 0 Å². The average molecular weight is 224 g/mol. The predicted molar refractivity (Wildman–Crippen MR) is 49.3 cm³/mol. The highest BCUT2D eigenvalue weighted by atomic mass is 19.4. The molecule has 1 fully saturated rings. The predicted octanol–water partition coefficient (Wildman–Crippen LogP) is 1.15. The Labute approximate surface area is 86.6 Å². The first-order valence-electron chi connectivity index (χ1n) is 4.87. The highest BCUT2D eigenvalue weighted by Crippen LogP contribution is 2.22. The van der Waals surface area contributed by atoms with Crippen molar-refractivity contribution in [1.82, 2.24) is 10.2 Å². The monoisotopic (exact) mass is 224 g/mol. The molecule has 2 unspecified atom stereocenters. The van der Waals surface area contributed by atoms with Crippen LogP contribution in [-0.2, 0) is 4.79 Å². The van der Waals surface area contributed by atoms with Gasteiger partial charge in [0.1, 0.15) is 0 Å². The van der Waals surface area contributed by atoms with Crippen molar-refractivity contribution in [3.05, 3.63) is 0 Å². The van der Waals surface area contributed by atoms with Crippen LogP contribution in [0.3, 0.4) is 0 Å². The van der Waals surface area contributed by atoms with Gasteiger partial charge in [-0.05, 0) is 13.3 Å². The quantitative estimate of drug-likeness (QED) is 0.779. The third-order valence-corrected chi connectivity index (χ3v) is 2.45. The maximum Gasteiger partial charge on any atom is 0.390 e. The second-order valence-electron chi connectivity index (χ2n) is 3.99. The zero-order valence-electron chi connectivity index (χ0n) is 8.77. The second kappa shape index (κ2) is 4.38. The van der Waals surface area contributed by atoms with E-state index in [-0.39, 0.29) is 5.91 Å². The van der Waals surface area contributed by atoms with Crippen LogP contribution in [0.15, 0.2) is 0 Å². The molecule has 1 saturated heterocycles. The number of carbonyl (C=O) groups excluding carboxylic acids is 1. The van der Waals surface area contributed by atoms with Crippen molar-refractivity contribution < 1.29 is 18.0 Å². The fourth-order valence-corrected chi connectivity index (χ4v) is 1.73. The summed E-state index contributed by atoms with van der Waals surface area (Å²) in [4.78, 5) is 12.9. The van der Waals surface area contributed by atoms with Crippen molar-refractivity contribution in [2.75, 3.05) is 13.6 Å². The van der Waals surface area contributed by atoms with Gasteiger partial charge in [-0.25, -0.2) is 0 Å². The van der Waals surface area contributed by atoms with E-state index in [1.807, 2.05) is 0 Å². The fraction of sp³-hybridized carbons (Fsp3) is 0.889. The molecule has 1 N–H and O–H groups in total. The lowest BCUT2D eigenvalue weighted by Crippen LogP contribution is -2.43. The minimum absolute atomic E-state index is 0.121. The molecular formula is C9H15F3N2O. The van der Waals surface area contributed by atoms with E-state index in [1.54, 1.807) is 7.05 Å². The minimum Gasteiger partial charge on any atom is -0.344 e. The first-order chi connectivity index (χ1) is 6.79. The van der Waals surface area contributed by atoms with Crippen molar-refractivity contribution in [3.63, 3.8) is 0 Å². The number of likely N-dealkylation sites (N-methyl/N-ethyl adjacent to an activating group) is 1. The molecule has 1 aliphatic heterocycles. The zero-order chi connectivity index (χ0) is 11.6. The Kier molecular flexibility index (Phi) is 3.59. The first-order valence-corrected chi connectivity index (χ1v) is 4.87. The molecule has 0 aromatic rings. The zero-order valence-corrected chi connectivity index (χ0v) is 8.77. The van der Waals surface area contributed by atoms with E-state index in [9.17, 15) is 18.0 Å². The molecule has 0 saturated carbocycles. The lowest BCUT2D eigenvalue weighted by molar-refractivity contribution is -0.141. The van der Waals surface area contributed by atoms with Crippen LogP contribution in [0.5, 0.6) is 0 Å². The summed E-state index contributed by atoms with van der Waals surface area (Å²) in [6.45, 7) is 2.05. The normalized spacial score (nSPS) is 24.7. The summed E-state index contributed by atoms with van der Waals surface area (Å²) >= 11 is 0. The Bertz CT molecular complexity index is 242. The van der Waals surface area contributed by atoms with E-state index in [4.69, 9.17) is 0 Å². The highest BCUT2D eigenvalue weighted by Gasteiger charge is 2.34. The van der Waals surface area contributed by atoms with Crippen molar-refractivity contribution in [1.29, 1.82) is 0 Å². The third kappa shape index (κ3) is 3.70. The number of carbonyl (C=O) groups is 1. The first kappa shape index (κ1) is 12.3. The maximum atomic E-state index is 12.0. The van der Waals surface area contributed by atoms with E-state index in [0.29, 0.717) is 13.0 Å². The van der Waals surface area contributed by atoms with E-state index in [2.05, 4.69) is 5.32 Å². The topological polar surface area (TPSA) is 32.3 Å². The van der Waals surface area contributed by atoms with Gasteiger partial charge in [-0.15, -0.1) is 0 Å². The summed E-state index contributed by atoms with van der Waals surface area (Å²) in [5, 5.41) is 2.70. The number of halogens is 3. The molecule has 3 nitrogen and oxygen atoms in total. The SMILES string of the molecule is CC(CC(F)(F)F)NC1CCN(C)C1=O. The van der Waals surface area contributed by atoms with Gasteiger partial charge < -0.3 is 10.2 Å². The highest BCUT2D eigenvalue weighted by molar-refractivity contribution is 5.83. The van der Waals surface area contributed by atoms with Crippen molar-refractivity contribution in [2.24, 2.45) is 0 Å². The number of hydrogen-bond acceptors (Lipinski definition) is 2. The van der Waals surface area contributed by atoms with E-state index < -0.39 is 24.7 Å². The van der Waals surface area contributed by atoms with Gasteiger partial charge in [-0.3, -0.25) is 4.79 Å². The Morgan fingerprint density at radius 1 is 1.60 bits per heavy atom. The maximum absolute atomic E-state index is 12.0. The molecule has 0 aromatic carbocycles. The molecule has 1 aliphatic rings. The van der Waals surface area contributed by atoms with E-state index in [1.165, 1.54) is 11.8 Å². The molecular weight excluding hydrogens is 209 g/mol. The van der Waals surface area contributed by atoms with Gasteiger partial charge in [0.05, 0.1) is 12.5 Å². The lowest BCUT2D eigenvalue weighted by atomic mass is 10.1. The van der Waals surface area contributed by atoms with Crippen LogP contribution in [0.1, 0.15) is 19.8 Å². The number of amides is 1. The summed E-state index contributed by atoms with van der Waals surface area (Å²) in [6, 6.07) is -1.17. The van der Waals surface area contributed by atoms with Crippen LogP contribution in [0.4, 0.5) is 13.2 Å². The average Bonchev–Trinajstić information content (AvgIpc) is 2.32. The van der Waals surface area contributed by atoms with Gasteiger partial charge in [-0.1, -0.05) is 0 Å². The molecule has 0 aliphatic carbocycles. The van der Waals surface area contributed by atoms with Crippen LogP contribution in [0, 0.1) is 0 Å². The second-order valence-corrected chi connectivity index (χ2v) is 3.99. The van der Waals surface area contributed by atoms with Gasteiger partial charge >= 0.3 is 6.18 Å². The number of likely N-dealkylation sites (tertiary alicyclic amines) is 1. The molecule has 88 valence electrons. The summed E-state index contributed by atoms with van der Waals surface area (Å²) < 4.78 is 36.1. The van der Waals surface area contributed by atoms with Gasteiger partial charge in [0.2, 0.25) is 5.91 Å². The molecule has 0 radical (unpaired) electrons. The van der Waals surface area contributed by atoms with E-state index >= 15 is 0 Å². The van der Waals surface area contributed by atoms with Crippen LogP contribution >= 0.6 is 0 Å². The number of rotatable bonds is 3. The number of nitrogens with one attached hydrogen (secondary N) is 1. The molecule has 0 spiro atoms. The summed E-state index contributed by atoms with van der Waals surface area (Å²) in [5.41, 5.74) is 0. The molecule has 0 aromatic heterocycles. The van der Waals surface area contributed by atoms with Gasteiger partial charge in [0, 0.05) is 19.6 Å². The number of nitrogens with zero attached hydrogens (tertiary/aromatic N) is 1. The summed E-state index contributed by atoms with van der Waals surface area (Å²) in [7, 11) is 1.65. The molecule has 1 rings (SSSR count). The van der Waals surface area contributed by atoms with Gasteiger partial charge in [0.25, 0.3) is 0 Å². The molecule has 0 bridgehead atoms. The smallest absolute Gasteiger partial charge is 0.344 e. The Morgan fingerprint density at radius 3 is 2.60 bits per heavy atom. The Morgan fingerprint density at radius 2 is 2.20 bits per heavy atom. The van der Waals surface area contributed by atoms with Crippen LogP contribution in [0.25, 0.3) is 0 Å². The van der Waals surface area contributed by atoms with Gasteiger partial charge in [-0.2, -0.15) is 13.2 Å². The van der Waals surface area contributed by atoms with Crippen molar-refractivity contribution in [3.8, 4) is 0 Å². The lowest BCUT2D eigenvalue weighted by Gasteiger charge is -2.19. The third-order valence-electron chi connectivity index (χ3n) is 2.45. The van der Waals surface area contributed by atoms with Crippen LogP contribution in [0.2, 0.25) is 0 Å².